The first-order valence-corrected chi connectivity index (χ1v) is 5.52. The molecule has 0 atom stereocenters. The lowest BCUT2D eigenvalue weighted by molar-refractivity contribution is 0.0595. The minimum Gasteiger partial charge on any atom is -0.464 e. The van der Waals surface area contributed by atoms with Gasteiger partial charge in [0.15, 0.2) is 5.69 Å². The number of carbonyl (C=O) groups is 1. The van der Waals surface area contributed by atoms with E-state index in [9.17, 15) is 4.79 Å². The van der Waals surface area contributed by atoms with Gasteiger partial charge in [-0.1, -0.05) is 29.8 Å². The number of aryl methyl sites for hydroxylation is 1. The van der Waals surface area contributed by atoms with E-state index in [0.29, 0.717) is 5.69 Å². The van der Waals surface area contributed by atoms with Crippen molar-refractivity contribution in [3.8, 4) is 11.1 Å². The number of nitrogens with two attached hydrogens (primary N) is 1. The Hall–Kier alpha value is -2.36. The van der Waals surface area contributed by atoms with E-state index >= 15 is 0 Å². The van der Waals surface area contributed by atoms with Gasteiger partial charge < -0.3 is 10.5 Å². The molecule has 0 saturated heterocycles. The lowest BCUT2D eigenvalue weighted by atomic mass is 10.1. The van der Waals surface area contributed by atoms with Crippen molar-refractivity contribution < 1.29 is 9.53 Å². The highest BCUT2D eigenvalue weighted by atomic mass is 16.5. The van der Waals surface area contributed by atoms with Crippen molar-refractivity contribution >= 4 is 11.7 Å². The van der Waals surface area contributed by atoms with E-state index in [1.807, 2.05) is 31.2 Å². The standard InChI is InChI=1S/C14H14N2O2/c1-9-3-5-10(6-4-9)11-7-12(15)13(16-8-11)14(17)18-2/h3-8H,15H2,1-2H3. The highest BCUT2D eigenvalue weighted by Crippen LogP contribution is 2.22. The maximum absolute atomic E-state index is 11.4. The molecule has 92 valence electrons. The van der Waals surface area contributed by atoms with Gasteiger partial charge in [-0.25, -0.2) is 9.78 Å². The molecule has 0 spiro atoms. The molecule has 0 fully saturated rings. The second-order valence-corrected chi connectivity index (χ2v) is 4.02. The number of nitrogens with zero attached hydrogens (tertiary/aromatic N) is 1. The molecule has 1 heterocycles. The third kappa shape index (κ3) is 2.32. The van der Waals surface area contributed by atoms with Crippen molar-refractivity contribution in [2.45, 2.75) is 6.92 Å². The summed E-state index contributed by atoms with van der Waals surface area (Å²) >= 11 is 0. The summed E-state index contributed by atoms with van der Waals surface area (Å²) in [5.41, 5.74) is 9.34. The second kappa shape index (κ2) is 4.87. The number of rotatable bonds is 2. The molecule has 0 saturated carbocycles. The van der Waals surface area contributed by atoms with Crippen molar-refractivity contribution in [1.82, 2.24) is 4.98 Å². The largest absolute Gasteiger partial charge is 0.464 e. The summed E-state index contributed by atoms with van der Waals surface area (Å²) in [5.74, 6) is -0.525. The number of carbonyl (C=O) groups excluding carboxylic acids is 1. The van der Waals surface area contributed by atoms with E-state index in [1.54, 1.807) is 12.3 Å². The smallest absolute Gasteiger partial charge is 0.358 e. The Morgan fingerprint density at radius 3 is 2.44 bits per heavy atom. The van der Waals surface area contributed by atoms with Gasteiger partial charge in [0.05, 0.1) is 12.8 Å². The SMILES string of the molecule is COC(=O)c1ncc(-c2ccc(C)cc2)cc1N. The summed E-state index contributed by atoms with van der Waals surface area (Å²) in [7, 11) is 1.30. The van der Waals surface area contributed by atoms with Crippen LogP contribution in [-0.2, 0) is 4.74 Å². The maximum Gasteiger partial charge on any atom is 0.358 e. The molecule has 0 amide bonds. The highest BCUT2D eigenvalue weighted by molar-refractivity contribution is 5.93. The molecular formula is C14H14N2O2. The van der Waals surface area contributed by atoms with Crippen molar-refractivity contribution in [3.63, 3.8) is 0 Å². The third-order valence-corrected chi connectivity index (χ3v) is 2.68. The molecule has 0 aliphatic rings. The summed E-state index contributed by atoms with van der Waals surface area (Å²) in [5, 5.41) is 0. The molecular weight excluding hydrogens is 228 g/mol. The number of pyridine rings is 1. The van der Waals surface area contributed by atoms with Gasteiger partial charge in [-0.05, 0) is 18.6 Å². The van der Waals surface area contributed by atoms with Gasteiger partial charge in [0.25, 0.3) is 0 Å². The summed E-state index contributed by atoms with van der Waals surface area (Å²) in [4.78, 5) is 15.4. The average molecular weight is 242 g/mol. The molecule has 0 aliphatic heterocycles. The van der Waals surface area contributed by atoms with E-state index in [1.165, 1.54) is 12.7 Å². The van der Waals surface area contributed by atoms with Crippen LogP contribution in [-0.4, -0.2) is 18.1 Å². The maximum atomic E-state index is 11.4. The molecule has 18 heavy (non-hydrogen) atoms. The fourth-order valence-electron chi connectivity index (χ4n) is 1.65. The van der Waals surface area contributed by atoms with E-state index in [2.05, 4.69) is 9.72 Å². The van der Waals surface area contributed by atoms with Crippen molar-refractivity contribution in [2.75, 3.05) is 12.8 Å². The molecule has 2 aromatic rings. The Morgan fingerprint density at radius 1 is 1.22 bits per heavy atom. The fourth-order valence-corrected chi connectivity index (χ4v) is 1.65. The van der Waals surface area contributed by atoms with E-state index in [4.69, 9.17) is 5.73 Å². The quantitative estimate of drug-likeness (QED) is 0.821. The van der Waals surface area contributed by atoms with Crippen molar-refractivity contribution in [2.24, 2.45) is 0 Å². The minimum atomic E-state index is -0.525. The van der Waals surface area contributed by atoms with E-state index in [-0.39, 0.29) is 5.69 Å². The zero-order chi connectivity index (χ0) is 13.1. The molecule has 4 nitrogen and oxygen atoms in total. The van der Waals surface area contributed by atoms with E-state index < -0.39 is 5.97 Å². The second-order valence-electron chi connectivity index (χ2n) is 4.02. The molecule has 4 heteroatoms. The zero-order valence-electron chi connectivity index (χ0n) is 10.3. The third-order valence-electron chi connectivity index (χ3n) is 2.68. The van der Waals surface area contributed by atoms with Crippen LogP contribution in [0.2, 0.25) is 0 Å². The number of hydrogen-bond acceptors (Lipinski definition) is 4. The van der Waals surface area contributed by atoms with Gasteiger partial charge in [0, 0.05) is 11.8 Å². The number of esters is 1. The van der Waals surface area contributed by atoms with Crippen LogP contribution in [0.5, 0.6) is 0 Å². The number of ether oxygens (including phenoxy) is 1. The first-order chi connectivity index (χ1) is 8.61. The van der Waals surface area contributed by atoms with Gasteiger partial charge >= 0.3 is 5.97 Å². The van der Waals surface area contributed by atoms with Crippen molar-refractivity contribution in [3.05, 3.63) is 47.8 Å². The van der Waals surface area contributed by atoms with Crippen molar-refractivity contribution in [1.29, 1.82) is 0 Å². The summed E-state index contributed by atoms with van der Waals surface area (Å²) in [6.07, 6.45) is 1.62. The van der Waals surface area contributed by atoms with Crippen LogP contribution in [0, 0.1) is 6.92 Å². The number of benzene rings is 1. The van der Waals surface area contributed by atoms with Crippen LogP contribution in [0.4, 0.5) is 5.69 Å². The van der Waals surface area contributed by atoms with Gasteiger partial charge in [-0.3, -0.25) is 0 Å². The van der Waals surface area contributed by atoms with Crippen LogP contribution in [0.25, 0.3) is 11.1 Å². The van der Waals surface area contributed by atoms with Crippen LogP contribution in [0.3, 0.4) is 0 Å². The van der Waals surface area contributed by atoms with Crippen LogP contribution in [0.1, 0.15) is 16.1 Å². The highest BCUT2D eigenvalue weighted by Gasteiger charge is 2.12. The van der Waals surface area contributed by atoms with Gasteiger partial charge in [-0.15, -0.1) is 0 Å². The Balaban J connectivity index is 2.40. The molecule has 1 aromatic carbocycles. The van der Waals surface area contributed by atoms with Crippen LogP contribution in [0.15, 0.2) is 36.5 Å². The minimum absolute atomic E-state index is 0.147. The molecule has 0 aliphatic carbocycles. The van der Waals surface area contributed by atoms with Gasteiger partial charge in [0.2, 0.25) is 0 Å². The molecule has 2 rings (SSSR count). The van der Waals surface area contributed by atoms with E-state index in [0.717, 1.165) is 11.1 Å². The normalized spacial score (nSPS) is 10.1. The van der Waals surface area contributed by atoms with Gasteiger partial charge in [-0.2, -0.15) is 0 Å². The summed E-state index contributed by atoms with van der Waals surface area (Å²) < 4.78 is 4.60. The number of methoxy groups -OCH3 is 1. The predicted octanol–water partition coefficient (Wildman–Crippen LogP) is 2.43. The lowest BCUT2D eigenvalue weighted by Gasteiger charge is -2.06. The molecule has 0 radical (unpaired) electrons. The Labute approximate surface area is 105 Å². The first kappa shape index (κ1) is 12.1. The summed E-state index contributed by atoms with van der Waals surface area (Å²) in [6.45, 7) is 2.02. The topological polar surface area (TPSA) is 65.2 Å². The zero-order valence-corrected chi connectivity index (χ0v) is 10.3. The average Bonchev–Trinajstić information content (AvgIpc) is 2.38. The number of hydrogen-bond donors (Lipinski definition) is 1. The number of aromatic nitrogens is 1. The molecule has 0 bridgehead atoms. The first-order valence-electron chi connectivity index (χ1n) is 5.52. The molecule has 0 unspecified atom stereocenters. The molecule has 1 aromatic heterocycles. The lowest BCUT2D eigenvalue weighted by Crippen LogP contribution is -2.08. The fraction of sp³-hybridized carbons (Fsp3) is 0.143. The Morgan fingerprint density at radius 2 is 1.89 bits per heavy atom. The monoisotopic (exact) mass is 242 g/mol. The number of nitrogen functional groups attached to an aromatic ring is 1. The Bertz CT molecular complexity index is 577. The molecule has 2 N–H and O–H groups in total. The predicted molar refractivity (Wildman–Crippen MR) is 70.2 cm³/mol. The van der Waals surface area contributed by atoms with Crippen LogP contribution < -0.4 is 5.73 Å². The van der Waals surface area contributed by atoms with Crippen LogP contribution >= 0.6 is 0 Å². The van der Waals surface area contributed by atoms with Gasteiger partial charge in [0.1, 0.15) is 0 Å². The summed E-state index contributed by atoms with van der Waals surface area (Å²) in [6, 6.07) is 9.73. The Kier molecular flexibility index (Phi) is 3.28. The number of anilines is 1.